The van der Waals surface area contributed by atoms with Gasteiger partial charge >= 0.3 is 14.0 Å². The van der Waals surface area contributed by atoms with Crippen molar-refractivity contribution in [1.29, 1.82) is 0 Å². The molecule has 4 aromatic rings. The van der Waals surface area contributed by atoms with Crippen LogP contribution in [0.3, 0.4) is 0 Å². The van der Waals surface area contributed by atoms with Crippen LogP contribution in [0.1, 0.15) is 37.5 Å². The predicted molar refractivity (Wildman–Crippen MR) is 138 cm³/mol. The molecule has 10 nitrogen and oxygen atoms in total. The summed E-state index contributed by atoms with van der Waals surface area (Å²) in [7, 11) is -3.66. The van der Waals surface area contributed by atoms with Gasteiger partial charge in [0.05, 0.1) is 22.8 Å². The van der Waals surface area contributed by atoms with Crippen LogP contribution in [0.25, 0.3) is 28.6 Å². The molecule has 0 aliphatic carbocycles. The minimum atomic E-state index is -4.56. The molecule has 0 spiro atoms. The van der Waals surface area contributed by atoms with E-state index >= 15 is 0 Å². The lowest BCUT2D eigenvalue weighted by atomic mass is 10.0. The Morgan fingerprint density at radius 1 is 1.12 bits per heavy atom. The molecule has 0 saturated carbocycles. The van der Waals surface area contributed by atoms with E-state index in [1.54, 1.807) is 26.8 Å². The number of fused-ring (bicyclic) bond motifs is 1. The van der Waals surface area contributed by atoms with Crippen molar-refractivity contribution in [3.8, 4) is 28.7 Å². The first-order valence-corrected chi connectivity index (χ1v) is 13.9. The van der Waals surface area contributed by atoms with Gasteiger partial charge in [-0.2, -0.15) is 18.2 Å². The quantitative estimate of drug-likeness (QED) is 0.215. The van der Waals surface area contributed by atoms with E-state index in [1.165, 1.54) is 10.6 Å². The molecule has 0 amide bonds. The number of aryl methyl sites for hydroxylation is 2. The standard InChI is InChI=1S/C25H25ClF3N4O6P/c1-13-7-20(35-11-16-12-36-40(34,38-16)39-24(3,4)5)14(2)6-17(13)21-31-23(37-32-21)19-10-33-9-15(25(27,28)29)8-18(26)22(33)30-19/h6-10,16H,11-12H2,1-5H3/t16-,40?/m0/s1. The molecular weight excluding hydrogens is 576 g/mol. The molecule has 2 atom stereocenters. The van der Waals surface area contributed by atoms with E-state index in [0.29, 0.717) is 11.3 Å². The molecule has 5 rings (SSSR count). The molecule has 0 N–H and O–H groups in total. The van der Waals surface area contributed by atoms with Crippen LogP contribution >= 0.6 is 19.4 Å². The fourth-order valence-corrected chi connectivity index (χ4v) is 5.92. The first-order valence-electron chi connectivity index (χ1n) is 12.1. The van der Waals surface area contributed by atoms with Gasteiger partial charge in [0.15, 0.2) is 5.65 Å². The van der Waals surface area contributed by atoms with Crippen LogP contribution in [0.2, 0.25) is 5.02 Å². The van der Waals surface area contributed by atoms with Gasteiger partial charge in [-0.15, -0.1) is 0 Å². The Balaban J connectivity index is 1.32. The Morgan fingerprint density at radius 2 is 1.88 bits per heavy atom. The summed E-state index contributed by atoms with van der Waals surface area (Å²) in [6.45, 7) is 9.09. The van der Waals surface area contributed by atoms with Crippen molar-refractivity contribution in [3.05, 3.63) is 52.3 Å². The Labute approximate surface area is 232 Å². The van der Waals surface area contributed by atoms with Crippen molar-refractivity contribution in [1.82, 2.24) is 19.5 Å². The third-order valence-corrected chi connectivity index (χ3v) is 7.82. The van der Waals surface area contributed by atoms with Gasteiger partial charge in [-0.05, 0) is 63.9 Å². The van der Waals surface area contributed by atoms with E-state index in [2.05, 4.69) is 15.1 Å². The van der Waals surface area contributed by atoms with Crippen molar-refractivity contribution in [2.45, 2.75) is 52.5 Å². The van der Waals surface area contributed by atoms with Gasteiger partial charge in [-0.1, -0.05) is 16.8 Å². The van der Waals surface area contributed by atoms with Crippen molar-refractivity contribution in [3.63, 3.8) is 0 Å². The lowest BCUT2D eigenvalue weighted by molar-refractivity contribution is -0.137. The van der Waals surface area contributed by atoms with Crippen LogP contribution in [0.5, 0.6) is 5.75 Å². The van der Waals surface area contributed by atoms with Gasteiger partial charge in [-0.3, -0.25) is 13.6 Å². The minimum Gasteiger partial charge on any atom is -0.490 e. The maximum Gasteiger partial charge on any atom is 0.475 e. The number of ether oxygens (including phenoxy) is 1. The van der Waals surface area contributed by atoms with Crippen molar-refractivity contribution in [2.75, 3.05) is 13.2 Å². The number of halogens is 4. The van der Waals surface area contributed by atoms with Gasteiger partial charge in [0.2, 0.25) is 5.82 Å². The Morgan fingerprint density at radius 3 is 2.58 bits per heavy atom. The van der Waals surface area contributed by atoms with Crippen LogP contribution in [0.15, 0.2) is 35.1 Å². The maximum atomic E-state index is 13.2. The molecule has 1 unspecified atom stereocenters. The highest BCUT2D eigenvalue weighted by Crippen LogP contribution is 2.57. The molecule has 40 heavy (non-hydrogen) atoms. The van der Waals surface area contributed by atoms with Gasteiger partial charge in [0.25, 0.3) is 5.89 Å². The molecule has 1 aliphatic rings. The first kappa shape index (κ1) is 28.6. The number of benzene rings is 1. The molecule has 1 aromatic carbocycles. The fourth-order valence-electron chi connectivity index (χ4n) is 4.00. The zero-order valence-corrected chi connectivity index (χ0v) is 23.7. The van der Waals surface area contributed by atoms with Crippen LogP contribution in [0.4, 0.5) is 13.2 Å². The average Bonchev–Trinajstić information content (AvgIpc) is 3.56. The van der Waals surface area contributed by atoms with E-state index < -0.39 is 31.3 Å². The van der Waals surface area contributed by atoms with Gasteiger partial charge in [-0.25, -0.2) is 9.55 Å². The number of aromatic nitrogens is 4. The van der Waals surface area contributed by atoms with E-state index in [9.17, 15) is 17.7 Å². The average molecular weight is 601 g/mol. The van der Waals surface area contributed by atoms with Crippen molar-refractivity contribution in [2.24, 2.45) is 0 Å². The highest BCUT2D eigenvalue weighted by Gasteiger charge is 2.42. The smallest absolute Gasteiger partial charge is 0.475 e. The third kappa shape index (κ3) is 6.03. The molecule has 0 radical (unpaired) electrons. The van der Waals surface area contributed by atoms with E-state index in [1.807, 2.05) is 19.9 Å². The summed E-state index contributed by atoms with van der Waals surface area (Å²) >= 11 is 6.03. The third-order valence-electron chi connectivity index (χ3n) is 5.75. The second-order valence-corrected chi connectivity index (χ2v) is 12.2. The number of hydrogen-bond donors (Lipinski definition) is 0. The summed E-state index contributed by atoms with van der Waals surface area (Å²) < 4.78 is 80.7. The molecule has 4 heterocycles. The van der Waals surface area contributed by atoms with Crippen molar-refractivity contribution < 1.29 is 40.6 Å². The lowest BCUT2D eigenvalue weighted by Gasteiger charge is -2.22. The van der Waals surface area contributed by atoms with Crippen molar-refractivity contribution >= 4 is 25.1 Å². The highest BCUT2D eigenvalue weighted by molar-refractivity contribution is 7.48. The number of alkyl halides is 3. The summed E-state index contributed by atoms with van der Waals surface area (Å²) in [4.78, 5) is 8.65. The summed E-state index contributed by atoms with van der Waals surface area (Å²) in [6.07, 6.45) is -2.91. The normalized spacial score (nSPS) is 20.0. The Kier molecular flexibility index (Phi) is 7.25. The number of phosphoric ester groups is 1. The van der Waals surface area contributed by atoms with E-state index in [-0.39, 0.29) is 41.3 Å². The second-order valence-electron chi connectivity index (χ2n) is 10.3. The van der Waals surface area contributed by atoms with Gasteiger partial charge < -0.3 is 13.7 Å². The largest absolute Gasteiger partial charge is 0.490 e. The van der Waals surface area contributed by atoms with Crippen LogP contribution in [-0.2, 0) is 24.3 Å². The number of hydrogen-bond acceptors (Lipinski definition) is 9. The van der Waals surface area contributed by atoms with E-state index in [4.69, 9.17) is 34.4 Å². The zero-order valence-electron chi connectivity index (χ0n) is 22.1. The Bertz CT molecular complexity index is 1630. The summed E-state index contributed by atoms with van der Waals surface area (Å²) in [6, 6.07) is 4.42. The van der Waals surface area contributed by atoms with E-state index in [0.717, 1.165) is 23.4 Å². The number of rotatable bonds is 6. The monoisotopic (exact) mass is 600 g/mol. The van der Waals surface area contributed by atoms with Crippen LogP contribution in [0, 0.1) is 13.8 Å². The van der Waals surface area contributed by atoms with Crippen LogP contribution in [-0.4, -0.2) is 44.4 Å². The van der Waals surface area contributed by atoms with Gasteiger partial charge in [0.1, 0.15) is 24.2 Å². The molecular formula is C25H25ClF3N4O6P. The summed E-state index contributed by atoms with van der Waals surface area (Å²) in [5.41, 5.74) is 0.873. The second kappa shape index (κ2) is 10.1. The fraction of sp³-hybridized carbons (Fsp3) is 0.400. The molecule has 15 heteroatoms. The number of pyridine rings is 1. The molecule has 3 aromatic heterocycles. The zero-order chi connectivity index (χ0) is 29.0. The maximum absolute atomic E-state index is 13.2. The molecule has 1 aliphatic heterocycles. The van der Waals surface area contributed by atoms with Crippen LogP contribution < -0.4 is 4.74 Å². The number of imidazole rings is 1. The molecule has 1 fully saturated rings. The number of phosphoric acid groups is 1. The predicted octanol–water partition coefficient (Wildman–Crippen LogP) is 7.06. The molecule has 0 bridgehead atoms. The minimum absolute atomic E-state index is 0.0148. The summed E-state index contributed by atoms with van der Waals surface area (Å²) in [5.74, 6) is 0.845. The lowest BCUT2D eigenvalue weighted by Crippen LogP contribution is -2.21. The Hall–Kier alpha value is -2.96. The van der Waals surface area contributed by atoms with Gasteiger partial charge in [0, 0.05) is 18.0 Å². The SMILES string of the molecule is Cc1cc(-c2noc(-c3cn4cc(C(F)(F)F)cc(Cl)c4n3)n2)c(C)cc1OC[C@H]1COP(=O)(OC(C)(C)C)O1. The summed E-state index contributed by atoms with van der Waals surface area (Å²) in [5, 5.41) is 3.86. The molecule has 214 valence electrons. The first-order chi connectivity index (χ1) is 18.6. The number of nitrogens with zero attached hydrogens (tertiary/aromatic N) is 4. The highest BCUT2D eigenvalue weighted by atomic mass is 35.5. The topological polar surface area (TPSA) is 110 Å². The molecule has 1 saturated heterocycles.